The molecule has 7 heteroatoms. The molecular weight excluding hydrogens is 456 g/mol. The third kappa shape index (κ3) is 6.69. The Morgan fingerprint density at radius 3 is 2.66 bits per heavy atom. The molecule has 1 aliphatic rings. The molecule has 1 saturated heterocycles. The topological polar surface area (TPSA) is 60.6 Å². The standard InChI is InChI=1S/C28H36N4O2S/c1-20-16-21(2)26-24(17-20)18-25(27(33)30-26)19-32(11-7-10-31-12-14-34-15-13-31)28(35)29-22(3)23-8-5-4-6-9-23/h4-6,8-9,16-18,22H,7,10-15,19H2,1-3H3,(H,29,35)(H,30,33)/t22-/m0/s1. The molecule has 0 saturated carbocycles. The molecule has 1 aromatic heterocycles. The summed E-state index contributed by atoms with van der Waals surface area (Å²) >= 11 is 5.87. The number of aromatic amines is 1. The number of fused-ring (bicyclic) bond motifs is 1. The van der Waals surface area contributed by atoms with Crippen molar-refractivity contribution in [1.29, 1.82) is 0 Å². The maximum atomic E-state index is 13.0. The minimum atomic E-state index is -0.0541. The number of aryl methyl sites for hydroxylation is 2. The molecule has 3 aromatic rings. The van der Waals surface area contributed by atoms with Gasteiger partial charge in [-0.2, -0.15) is 0 Å². The van der Waals surface area contributed by atoms with Gasteiger partial charge in [0.25, 0.3) is 5.56 Å². The first-order valence-corrected chi connectivity index (χ1v) is 12.8. The number of nitrogens with zero attached hydrogens (tertiary/aromatic N) is 2. The van der Waals surface area contributed by atoms with E-state index in [0.29, 0.717) is 11.7 Å². The molecular formula is C28H36N4O2S. The molecule has 2 heterocycles. The highest BCUT2D eigenvalue weighted by Crippen LogP contribution is 2.19. The monoisotopic (exact) mass is 492 g/mol. The van der Waals surface area contributed by atoms with E-state index < -0.39 is 0 Å². The number of nitrogens with one attached hydrogen (secondary N) is 2. The fourth-order valence-corrected chi connectivity index (χ4v) is 5.05. The Balaban J connectivity index is 1.52. The van der Waals surface area contributed by atoms with E-state index in [1.54, 1.807) is 0 Å². The van der Waals surface area contributed by atoms with Gasteiger partial charge in [0.1, 0.15) is 0 Å². The maximum absolute atomic E-state index is 13.0. The molecule has 2 aromatic carbocycles. The zero-order valence-electron chi connectivity index (χ0n) is 21.0. The number of aromatic nitrogens is 1. The van der Waals surface area contributed by atoms with Crippen LogP contribution in [0.3, 0.4) is 0 Å². The van der Waals surface area contributed by atoms with E-state index in [0.717, 1.165) is 67.8 Å². The average molecular weight is 493 g/mol. The second-order valence-corrected chi connectivity index (χ2v) is 9.87. The van der Waals surface area contributed by atoms with Crippen molar-refractivity contribution >= 4 is 28.2 Å². The molecule has 0 radical (unpaired) electrons. The minimum Gasteiger partial charge on any atom is -0.379 e. The van der Waals surface area contributed by atoms with Gasteiger partial charge < -0.3 is 19.9 Å². The lowest BCUT2D eigenvalue weighted by atomic mass is 10.1. The average Bonchev–Trinajstić information content (AvgIpc) is 2.85. The summed E-state index contributed by atoms with van der Waals surface area (Å²) in [7, 11) is 0. The summed E-state index contributed by atoms with van der Waals surface area (Å²) < 4.78 is 5.47. The number of morpholine rings is 1. The summed E-state index contributed by atoms with van der Waals surface area (Å²) in [5.41, 5.74) is 5.02. The fourth-order valence-electron chi connectivity index (χ4n) is 4.72. The lowest BCUT2D eigenvalue weighted by Gasteiger charge is -2.30. The number of pyridine rings is 1. The Morgan fingerprint density at radius 2 is 1.91 bits per heavy atom. The van der Waals surface area contributed by atoms with Gasteiger partial charge in [-0.25, -0.2) is 0 Å². The van der Waals surface area contributed by atoms with E-state index in [-0.39, 0.29) is 11.6 Å². The van der Waals surface area contributed by atoms with Crippen molar-refractivity contribution in [2.24, 2.45) is 0 Å². The highest BCUT2D eigenvalue weighted by atomic mass is 32.1. The Morgan fingerprint density at radius 1 is 1.17 bits per heavy atom. The van der Waals surface area contributed by atoms with Crippen molar-refractivity contribution in [2.45, 2.75) is 39.8 Å². The fraction of sp³-hybridized carbons (Fsp3) is 0.429. The number of hydrogen-bond acceptors (Lipinski definition) is 4. The van der Waals surface area contributed by atoms with Crippen LogP contribution >= 0.6 is 12.2 Å². The van der Waals surface area contributed by atoms with E-state index in [1.807, 2.05) is 31.2 Å². The summed E-state index contributed by atoms with van der Waals surface area (Å²) in [5, 5.41) is 5.22. The summed E-state index contributed by atoms with van der Waals surface area (Å²) in [6, 6.07) is 16.6. The van der Waals surface area contributed by atoms with E-state index in [1.165, 1.54) is 11.1 Å². The third-order valence-electron chi connectivity index (χ3n) is 6.66. The van der Waals surface area contributed by atoms with Gasteiger partial charge in [-0.3, -0.25) is 9.69 Å². The quantitative estimate of drug-likeness (QED) is 0.457. The zero-order valence-corrected chi connectivity index (χ0v) is 21.8. The Hall–Kier alpha value is -2.74. The molecule has 0 bridgehead atoms. The van der Waals surface area contributed by atoms with Crippen LogP contribution in [0.2, 0.25) is 0 Å². The van der Waals surface area contributed by atoms with Gasteiger partial charge in [0, 0.05) is 31.7 Å². The second-order valence-electron chi connectivity index (χ2n) is 9.48. The summed E-state index contributed by atoms with van der Waals surface area (Å²) in [4.78, 5) is 20.7. The van der Waals surface area contributed by atoms with Crippen molar-refractivity contribution in [3.63, 3.8) is 0 Å². The third-order valence-corrected chi connectivity index (χ3v) is 7.04. The summed E-state index contributed by atoms with van der Waals surface area (Å²) in [6.07, 6.45) is 0.964. The number of ether oxygens (including phenoxy) is 1. The smallest absolute Gasteiger partial charge is 0.253 e. The lowest BCUT2D eigenvalue weighted by molar-refractivity contribution is 0.0367. The van der Waals surface area contributed by atoms with Crippen LogP contribution in [0.15, 0.2) is 53.3 Å². The van der Waals surface area contributed by atoms with Crippen molar-refractivity contribution in [1.82, 2.24) is 20.1 Å². The van der Waals surface area contributed by atoms with Crippen LogP contribution in [0, 0.1) is 13.8 Å². The van der Waals surface area contributed by atoms with Crippen molar-refractivity contribution in [2.75, 3.05) is 39.4 Å². The molecule has 6 nitrogen and oxygen atoms in total. The van der Waals surface area contributed by atoms with Gasteiger partial charge in [-0.15, -0.1) is 0 Å². The van der Waals surface area contributed by atoms with E-state index >= 15 is 0 Å². The maximum Gasteiger partial charge on any atom is 0.253 e. The Kier molecular flexibility index (Phi) is 8.55. The van der Waals surface area contributed by atoms with Gasteiger partial charge >= 0.3 is 0 Å². The Labute approximate surface area is 213 Å². The van der Waals surface area contributed by atoms with Crippen LogP contribution < -0.4 is 10.9 Å². The van der Waals surface area contributed by atoms with Crippen molar-refractivity contribution in [3.05, 3.63) is 81.1 Å². The number of H-pyrrole nitrogens is 1. The van der Waals surface area contributed by atoms with Gasteiger partial charge in [-0.05, 0) is 68.1 Å². The van der Waals surface area contributed by atoms with E-state index in [2.05, 4.69) is 58.2 Å². The molecule has 35 heavy (non-hydrogen) atoms. The Bertz CT molecular complexity index is 1200. The molecule has 2 N–H and O–H groups in total. The van der Waals surface area contributed by atoms with Crippen molar-refractivity contribution < 1.29 is 4.74 Å². The van der Waals surface area contributed by atoms with Crippen LogP contribution in [0.5, 0.6) is 0 Å². The minimum absolute atomic E-state index is 0.0541. The van der Waals surface area contributed by atoms with Crippen LogP contribution in [0.1, 0.15) is 41.6 Å². The van der Waals surface area contributed by atoms with Crippen LogP contribution in [0.25, 0.3) is 10.9 Å². The summed E-state index contributed by atoms with van der Waals surface area (Å²) in [6.45, 7) is 12.0. The van der Waals surface area contributed by atoms with Crippen LogP contribution in [0.4, 0.5) is 0 Å². The molecule has 1 fully saturated rings. The van der Waals surface area contributed by atoms with Crippen molar-refractivity contribution in [3.8, 4) is 0 Å². The van der Waals surface area contributed by atoms with Gasteiger partial charge in [0.15, 0.2) is 5.11 Å². The highest BCUT2D eigenvalue weighted by Gasteiger charge is 2.17. The molecule has 186 valence electrons. The van der Waals surface area contributed by atoms with E-state index in [4.69, 9.17) is 17.0 Å². The second kappa shape index (κ2) is 11.8. The lowest BCUT2D eigenvalue weighted by Crippen LogP contribution is -2.43. The van der Waals surface area contributed by atoms with Crippen LogP contribution in [-0.4, -0.2) is 59.3 Å². The first-order valence-electron chi connectivity index (χ1n) is 12.4. The first kappa shape index (κ1) is 25.4. The number of hydrogen-bond donors (Lipinski definition) is 2. The first-order chi connectivity index (χ1) is 16.9. The van der Waals surface area contributed by atoms with Crippen LogP contribution in [-0.2, 0) is 11.3 Å². The predicted octanol–water partition coefficient (Wildman–Crippen LogP) is 4.30. The molecule has 4 rings (SSSR count). The number of thiocarbonyl (C=S) groups is 1. The molecule has 1 atom stereocenters. The normalized spacial score (nSPS) is 15.2. The number of rotatable bonds is 8. The molecule has 1 aliphatic heterocycles. The molecule has 0 aliphatic carbocycles. The largest absolute Gasteiger partial charge is 0.379 e. The van der Waals surface area contributed by atoms with E-state index in [9.17, 15) is 4.79 Å². The molecule has 0 unspecified atom stereocenters. The van der Waals surface area contributed by atoms with Gasteiger partial charge in [0.2, 0.25) is 0 Å². The molecule has 0 amide bonds. The predicted molar refractivity (Wildman–Crippen MR) is 147 cm³/mol. The summed E-state index contributed by atoms with van der Waals surface area (Å²) in [5.74, 6) is 0. The van der Waals surface area contributed by atoms with Gasteiger partial charge in [0.05, 0.1) is 31.3 Å². The number of benzene rings is 2. The van der Waals surface area contributed by atoms with Gasteiger partial charge in [-0.1, -0.05) is 42.0 Å². The molecule has 0 spiro atoms. The highest BCUT2D eigenvalue weighted by molar-refractivity contribution is 7.80. The zero-order chi connectivity index (χ0) is 24.8. The SMILES string of the molecule is Cc1cc(C)c2[nH]c(=O)c(CN(CCCN3CCOCC3)C(=S)N[C@@H](C)c3ccccc3)cc2c1.